The molecule has 1 fully saturated rings. The van der Waals surface area contributed by atoms with Crippen molar-refractivity contribution in [2.75, 3.05) is 36.5 Å². The number of amides is 2. The van der Waals surface area contributed by atoms with Crippen LogP contribution in [0.15, 0.2) is 10.6 Å². The summed E-state index contributed by atoms with van der Waals surface area (Å²) < 4.78 is 15.4. The average molecular weight is 385 g/mol. The molecule has 1 aromatic rings. The minimum Gasteiger partial charge on any atom is -0.455 e. The van der Waals surface area contributed by atoms with Gasteiger partial charge in [-0.05, 0) is 20.8 Å². The lowest BCUT2D eigenvalue weighted by Crippen LogP contribution is -2.49. The number of morpholine rings is 1. The van der Waals surface area contributed by atoms with Gasteiger partial charge in [0.25, 0.3) is 5.91 Å². The van der Waals surface area contributed by atoms with Gasteiger partial charge in [0, 0.05) is 19.2 Å². The molecular weight excluding hydrogens is 362 g/mol. The summed E-state index contributed by atoms with van der Waals surface area (Å²) in [6.07, 6.45) is -0.0815. The zero-order valence-electron chi connectivity index (χ0n) is 15.0. The Morgan fingerprint density at radius 2 is 2.00 bits per heavy atom. The quantitative estimate of drug-likeness (QED) is 0.687. The van der Waals surface area contributed by atoms with Crippen LogP contribution in [0.1, 0.15) is 19.6 Å². The topological polar surface area (TPSA) is 111 Å². The fourth-order valence-corrected chi connectivity index (χ4v) is 3.10. The van der Waals surface area contributed by atoms with E-state index in [2.05, 4.69) is 10.5 Å². The van der Waals surface area contributed by atoms with Gasteiger partial charge in [0.2, 0.25) is 5.91 Å². The van der Waals surface area contributed by atoms with E-state index >= 15 is 0 Å². The van der Waals surface area contributed by atoms with Crippen molar-refractivity contribution >= 4 is 35.4 Å². The highest BCUT2D eigenvalue weighted by atomic mass is 32.2. The second-order valence-electron chi connectivity index (χ2n) is 6.08. The van der Waals surface area contributed by atoms with Crippen molar-refractivity contribution < 1.29 is 28.4 Å². The van der Waals surface area contributed by atoms with Crippen molar-refractivity contribution in [2.45, 2.75) is 33.0 Å². The largest absolute Gasteiger partial charge is 0.455 e. The third kappa shape index (κ3) is 6.68. The summed E-state index contributed by atoms with van der Waals surface area (Å²) in [5, 5.41) is 6.19. The van der Waals surface area contributed by atoms with Gasteiger partial charge in [-0.3, -0.25) is 14.4 Å². The zero-order valence-corrected chi connectivity index (χ0v) is 15.8. The fraction of sp³-hybridized carbons (Fsp3) is 0.625. The molecule has 1 aromatic heterocycles. The molecule has 1 aliphatic rings. The number of aromatic nitrogens is 1. The molecule has 0 radical (unpaired) electrons. The maximum atomic E-state index is 12.1. The van der Waals surface area contributed by atoms with E-state index in [0.29, 0.717) is 24.7 Å². The third-order valence-electron chi connectivity index (χ3n) is 3.48. The first-order valence-corrected chi connectivity index (χ1v) is 9.38. The Bertz CT molecular complexity index is 640. The standard InChI is InChI=1S/C16H23N3O6S/c1-10-4-13(18-25-10)17-14(20)8-26-9-16(22)23-7-15(21)19-5-11(2)24-12(3)6-19/h4,11-12H,5-9H2,1-3H3,(H,17,18,20)/t11-,12-/m0/s1. The first kappa shape index (κ1) is 20.2. The Morgan fingerprint density at radius 1 is 1.31 bits per heavy atom. The molecule has 0 spiro atoms. The Morgan fingerprint density at radius 3 is 2.62 bits per heavy atom. The summed E-state index contributed by atoms with van der Waals surface area (Å²) >= 11 is 1.09. The summed E-state index contributed by atoms with van der Waals surface area (Å²) in [4.78, 5) is 37.1. The first-order chi connectivity index (χ1) is 12.3. The van der Waals surface area contributed by atoms with Gasteiger partial charge in [-0.1, -0.05) is 5.16 Å². The second-order valence-corrected chi connectivity index (χ2v) is 7.07. The van der Waals surface area contributed by atoms with Crippen LogP contribution >= 0.6 is 11.8 Å². The lowest BCUT2D eigenvalue weighted by atomic mass is 10.2. The van der Waals surface area contributed by atoms with Gasteiger partial charge in [-0.25, -0.2) is 0 Å². The molecule has 0 bridgehead atoms. The van der Waals surface area contributed by atoms with Crippen LogP contribution in [0.4, 0.5) is 5.82 Å². The molecule has 9 nitrogen and oxygen atoms in total. The van der Waals surface area contributed by atoms with Crippen molar-refractivity contribution in [1.82, 2.24) is 10.1 Å². The summed E-state index contributed by atoms with van der Waals surface area (Å²) in [7, 11) is 0. The highest BCUT2D eigenvalue weighted by Crippen LogP contribution is 2.11. The highest BCUT2D eigenvalue weighted by Gasteiger charge is 2.26. The normalized spacial score (nSPS) is 19.9. The van der Waals surface area contributed by atoms with Crippen LogP contribution in [0.2, 0.25) is 0 Å². The predicted octanol–water partition coefficient (Wildman–Crippen LogP) is 0.834. The molecule has 2 atom stereocenters. The number of thioether (sulfide) groups is 1. The number of anilines is 1. The Hall–Kier alpha value is -2.07. The van der Waals surface area contributed by atoms with Gasteiger partial charge in [0.1, 0.15) is 5.76 Å². The molecule has 0 unspecified atom stereocenters. The lowest BCUT2D eigenvalue weighted by Gasteiger charge is -2.35. The summed E-state index contributed by atoms with van der Waals surface area (Å²) in [5.74, 6) is -0.127. The molecule has 2 heterocycles. The van der Waals surface area contributed by atoms with Crippen LogP contribution in [0.5, 0.6) is 0 Å². The number of nitrogens with zero attached hydrogens (tertiary/aromatic N) is 2. The summed E-state index contributed by atoms with van der Waals surface area (Å²) in [6.45, 7) is 6.17. The van der Waals surface area contributed by atoms with Crippen LogP contribution < -0.4 is 5.32 Å². The molecule has 0 aliphatic carbocycles. The Kier molecular flexibility index (Phi) is 7.46. The van der Waals surface area contributed by atoms with Gasteiger partial charge in [0.15, 0.2) is 12.4 Å². The van der Waals surface area contributed by atoms with E-state index in [4.69, 9.17) is 14.0 Å². The fourth-order valence-electron chi connectivity index (χ4n) is 2.49. The van der Waals surface area contributed by atoms with Crippen molar-refractivity contribution in [3.8, 4) is 0 Å². The van der Waals surface area contributed by atoms with Crippen LogP contribution in [0.3, 0.4) is 0 Å². The molecule has 1 N–H and O–H groups in total. The van der Waals surface area contributed by atoms with Crippen molar-refractivity contribution in [3.05, 3.63) is 11.8 Å². The van der Waals surface area contributed by atoms with E-state index in [-0.39, 0.29) is 42.1 Å². The second kappa shape index (κ2) is 9.58. The molecule has 1 aliphatic heterocycles. The highest BCUT2D eigenvalue weighted by molar-refractivity contribution is 8.00. The molecule has 26 heavy (non-hydrogen) atoms. The van der Waals surface area contributed by atoms with E-state index in [0.717, 1.165) is 11.8 Å². The number of rotatable bonds is 7. The SMILES string of the molecule is Cc1cc(NC(=O)CSCC(=O)OCC(=O)N2C[C@H](C)O[C@@H](C)C2)no1. The molecule has 1 saturated heterocycles. The third-order valence-corrected chi connectivity index (χ3v) is 4.38. The number of carbonyl (C=O) groups excluding carboxylic acids is 3. The van der Waals surface area contributed by atoms with Crippen molar-refractivity contribution in [2.24, 2.45) is 0 Å². The number of hydrogen-bond donors (Lipinski definition) is 1. The van der Waals surface area contributed by atoms with Gasteiger partial charge in [-0.2, -0.15) is 0 Å². The monoisotopic (exact) mass is 385 g/mol. The van der Waals surface area contributed by atoms with Crippen molar-refractivity contribution in [1.29, 1.82) is 0 Å². The van der Waals surface area contributed by atoms with Gasteiger partial charge >= 0.3 is 5.97 Å². The van der Waals surface area contributed by atoms with E-state index in [1.807, 2.05) is 13.8 Å². The number of aryl methyl sites for hydroxylation is 1. The Balaban J connectivity index is 1.61. The number of esters is 1. The van der Waals surface area contributed by atoms with Crippen molar-refractivity contribution in [3.63, 3.8) is 0 Å². The maximum absolute atomic E-state index is 12.1. The van der Waals surface area contributed by atoms with Crippen LogP contribution in [0.25, 0.3) is 0 Å². The predicted molar refractivity (Wildman–Crippen MR) is 94.7 cm³/mol. The smallest absolute Gasteiger partial charge is 0.316 e. The first-order valence-electron chi connectivity index (χ1n) is 8.23. The van der Waals surface area contributed by atoms with E-state index in [9.17, 15) is 14.4 Å². The minimum absolute atomic E-state index is 0.0194. The lowest BCUT2D eigenvalue weighted by molar-refractivity contribution is -0.155. The van der Waals surface area contributed by atoms with E-state index < -0.39 is 5.97 Å². The number of nitrogens with one attached hydrogen (secondary N) is 1. The van der Waals surface area contributed by atoms with E-state index in [1.54, 1.807) is 17.9 Å². The van der Waals surface area contributed by atoms with Gasteiger partial charge < -0.3 is 24.2 Å². The molecule has 0 saturated carbocycles. The van der Waals surface area contributed by atoms with Crippen LogP contribution in [-0.4, -0.2) is 71.3 Å². The minimum atomic E-state index is -0.539. The van der Waals surface area contributed by atoms with Crippen LogP contribution in [-0.2, 0) is 23.9 Å². The molecule has 10 heteroatoms. The number of carbonyl (C=O) groups is 3. The number of hydrogen-bond acceptors (Lipinski definition) is 8. The molecule has 0 aromatic carbocycles. The maximum Gasteiger partial charge on any atom is 0.316 e. The molecule has 2 rings (SSSR count). The zero-order chi connectivity index (χ0) is 19.1. The average Bonchev–Trinajstić information content (AvgIpc) is 2.96. The van der Waals surface area contributed by atoms with Crippen LogP contribution in [0, 0.1) is 6.92 Å². The molecular formula is C16H23N3O6S. The molecule has 144 valence electrons. The molecule has 2 amide bonds. The van der Waals surface area contributed by atoms with E-state index in [1.165, 1.54) is 0 Å². The van der Waals surface area contributed by atoms with Gasteiger partial charge in [-0.15, -0.1) is 11.8 Å². The van der Waals surface area contributed by atoms with Gasteiger partial charge in [0.05, 0.1) is 23.7 Å². The summed E-state index contributed by atoms with van der Waals surface area (Å²) in [6, 6.07) is 1.59. The number of ether oxygens (including phenoxy) is 2. The summed E-state index contributed by atoms with van der Waals surface area (Å²) in [5.41, 5.74) is 0. The Labute approximate surface area is 155 Å².